The Kier molecular flexibility index (Phi) is 6.81. The van der Waals surface area contributed by atoms with Crippen LogP contribution < -0.4 is 0 Å². The van der Waals surface area contributed by atoms with Gasteiger partial charge >= 0.3 is 0 Å². The van der Waals surface area contributed by atoms with Crippen LogP contribution >= 0.6 is 0 Å². The zero-order valence-electron chi connectivity index (χ0n) is 17.2. The van der Waals surface area contributed by atoms with Crippen molar-refractivity contribution in [3.63, 3.8) is 0 Å². The van der Waals surface area contributed by atoms with Crippen molar-refractivity contribution in [3.05, 3.63) is 58.2 Å². The largest absolute Gasteiger partial charge is 0.241 e. The minimum atomic E-state index is 0.321. The molecule has 0 unspecified atom stereocenters. The lowest BCUT2D eigenvalue weighted by atomic mass is 9.72. The molecule has 0 spiro atoms. The summed E-state index contributed by atoms with van der Waals surface area (Å²) in [6.07, 6.45) is 21.3. The predicted molar refractivity (Wildman–Crippen MR) is 111 cm³/mol. The van der Waals surface area contributed by atoms with Crippen LogP contribution in [0.15, 0.2) is 58.2 Å². The topological polar surface area (TPSA) is 3.01 Å². The molecular formula is C24H36N+. The van der Waals surface area contributed by atoms with E-state index in [1.807, 2.05) is 0 Å². The first kappa shape index (κ1) is 19.7. The quantitative estimate of drug-likeness (QED) is 0.317. The van der Waals surface area contributed by atoms with Gasteiger partial charge in [-0.3, -0.25) is 0 Å². The molecule has 1 heteroatoms. The minimum Gasteiger partial charge on any atom is -0.241 e. The highest BCUT2D eigenvalue weighted by Crippen LogP contribution is 2.40. The summed E-state index contributed by atoms with van der Waals surface area (Å²) >= 11 is 0. The molecule has 0 fully saturated rings. The molecule has 136 valence electrons. The highest BCUT2D eigenvalue weighted by Gasteiger charge is 2.26. The molecule has 25 heavy (non-hydrogen) atoms. The first-order valence-corrected chi connectivity index (χ1v) is 9.75. The van der Waals surface area contributed by atoms with E-state index in [0.717, 1.165) is 0 Å². The lowest BCUT2D eigenvalue weighted by molar-refractivity contribution is -0.458. The number of nitrogens with zero attached hydrogens (tertiary/aromatic N) is 1. The van der Waals surface area contributed by atoms with Crippen LogP contribution in [0.5, 0.6) is 0 Å². The zero-order chi connectivity index (χ0) is 18.4. The third-order valence-electron chi connectivity index (χ3n) is 5.36. The van der Waals surface area contributed by atoms with E-state index in [-0.39, 0.29) is 0 Å². The summed E-state index contributed by atoms with van der Waals surface area (Å²) in [7, 11) is 4.14. The molecule has 0 atom stereocenters. The van der Waals surface area contributed by atoms with Gasteiger partial charge in [0.25, 0.3) is 0 Å². The lowest BCUT2D eigenvalue weighted by Crippen LogP contribution is -2.19. The Balaban J connectivity index is 2.16. The van der Waals surface area contributed by atoms with Crippen molar-refractivity contribution in [1.29, 1.82) is 0 Å². The van der Waals surface area contributed by atoms with Crippen molar-refractivity contribution in [2.24, 2.45) is 5.41 Å². The Morgan fingerprint density at radius 3 is 2.56 bits per heavy atom. The van der Waals surface area contributed by atoms with E-state index in [1.54, 1.807) is 11.1 Å². The molecule has 0 aromatic carbocycles. The zero-order valence-corrected chi connectivity index (χ0v) is 17.2. The van der Waals surface area contributed by atoms with Crippen molar-refractivity contribution < 1.29 is 4.58 Å². The van der Waals surface area contributed by atoms with Crippen LogP contribution in [-0.2, 0) is 0 Å². The molecule has 0 amide bonds. The third kappa shape index (κ3) is 5.99. The fourth-order valence-electron chi connectivity index (χ4n) is 3.93. The van der Waals surface area contributed by atoms with Gasteiger partial charge < -0.3 is 0 Å². The van der Waals surface area contributed by atoms with E-state index < -0.39 is 0 Å². The van der Waals surface area contributed by atoms with Crippen molar-refractivity contribution in [2.75, 3.05) is 14.1 Å². The molecule has 0 heterocycles. The van der Waals surface area contributed by atoms with E-state index in [0.29, 0.717) is 5.41 Å². The smallest absolute Gasteiger partial charge is 0.163 e. The molecule has 0 aliphatic heterocycles. The molecule has 2 aliphatic carbocycles. The number of rotatable bonds is 4. The molecule has 0 bridgehead atoms. The van der Waals surface area contributed by atoms with E-state index >= 15 is 0 Å². The van der Waals surface area contributed by atoms with E-state index in [2.05, 4.69) is 83.0 Å². The molecule has 0 aromatic rings. The van der Waals surface area contributed by atoms with Gasteiger partial charge in [-0.2, -0.15) is 0 Å². The highest BCUT2D eigenvalue weighted by atomic mass is 14.9. The van der Waals surface area contributed by atoms with Gasteiger partial charge in [0.05, 0.1) is 0 Å². The molecule has 0 saturated carbocycles. The molecule has 0 aromatic heterocycles. The van der Waals surface area contributed by atoms with Gasteiger partial charge in [0.2, 0.25) is 0 Å². The van der Waals surface area contributed by atoms with Crippen molar-refractivity contribution in [1.82, 2.24) is 0 Å². The van der Waals surface area contributed by atoms with E-state index in [1.165, 1.54) is 55.2 Å². The summed E-state index contributed by atoms with van der Waals surface area (Å²) < 4.78 is 2.10. The van der Waals surface area contributed by atoms with Crippen LogP contribution in [0.25, 0.3) is 0 Å². The predicted octanol–water partition coefficient (Wildman–Crippen LogP) is 6.40. The maximum absolute atomic E-state index is 2.39. The number of hydrogen-bond acceptors (Lipinski definition) is 0. The Hall–Kier alpha value is -1.63. The van der Waals surface area contributed by atoms with Crippen LogP contribution in [0.3, 0.4) is 0 Å². The maximum Gasteiger partial charge on any atom is 0.163 e. The van der Waals surface area contributed by atoms with Gasteiger partial charge in [0.1, 0.15) is 14.1 Å². The van der Waals surface area contributed by atoms with Crippen molar-refractivity contribution in [2.45, 2.75) is 66.2 Å². The standard InChI is InChI=1S/C24H36N/c1-19(12-13-23-20(2)9-8-15-24(23,3)4)17-22-11-7-10-21(18-22)14-16-25(5)6/h12-14,16-18H,7-11,15H2,1-6H3/q+1/b13-12+,19-17-,21-14+. The summed E-state index contributed by atoms with van der Waals surface area (Å²) in [6.45, 7) is 9.31. The third-order valence-corrected chi connectivity index (χ3v) is 5.36. The Bertz CT molecular complexity index is 671. The maximum atomic E-state index is 2.39. The van der Waals surface area contributed by atoms with Crippen molar-refractivity contribution in [3.8, 4) is 0 Å². The molecule has 1 nitrogen and oxygen atoms in total. The second-order valence-electron chi connectivity index (χ2n) is 8.58. The van der Waals surface area contributed by atoms with Gasteiger partial charge in [-0.1, -0.05) is 49.3 Å². The molecule has 2 rings (SSSR count). The summed E-state index contributed by atoms with van der Waals surface area (Å²) in [6, 6.07) is 0. The SMILES string of the molecule is CC1=C(/C=C/C(C)=C\C2=CC(=C/C=[N+](C)C)/CCC2)C(C)(C)CCC1. The second kappa shape index (κ2) is 8.65. The van der Waals surface area contributed by atoms with Gasteiger partial charge in [-0.25, -0.2) is 4.58 Å². The van der Waals surface area contributed by atoms with Gasteiger partial charge in [-0.15, -0.1) is 0 Å². The first-order chi connectivity index (χ1) is 11.8. The first-order valence-electron chi connectivity index (χ1n) is 9.75. The van der Waals surface area contributed by atoms with Crippen LogP contribution in [0, 0.1) is 5.41 Å². The van der Waals surface area contributed by atoms with Crippen LogP contribution in [0.2, 0.25) is 0 Å². The Morgan fingerprint density at radius 2 is 1.88 bits per heavy atom. The lowest BCUT2D eigenvalue weighted by Gasteiger charge is -2.33. The molecule has 0 saturated heterocycles. The second-order valence-corrected chi connectivity index (χ2v) is 8.58. The van der Waals surface area contributed by atoms with Gasteiger partial charge in [-0.05, 0) is 74.5 Å². The van der Waals surface area contributed by atoms with Crippen LogP contribution in [0.4, 0.5) is 0 Å². The van der Waals surface area contributed by atoms with Gasteiger partial charge in [0, 0.05) is 6.08 Å². The fourth-order valence-corrected chi connectivity index (χ4v) is 3.93. The fraction of sp³-hybridized carbons (Fsp3) is 0.542. The summed E-state index contributed by atoms with van der Waals surface area (Å²) in [5.74, 6) is 0. The van der Waals surface area contributed by atoms with Crippen molar-refractivity contribution >= 4 is 6.21 Å². The molecule has 0 N–H and O–H groups in total. The summed E-state index contributed by atoms with van der Waals surface area (Å²) in [4.78, 5) is 0. The Labute approximate surface area is 155 Å². The average Bonchev–Trinajstić information content (AvgIpc) is 2.52. The monoisotopic (exact) mass is 338 g/mol. The average molecular weight is 339 g/mol. The highest BCUT2D eigenvalue weighted by molar-refractivity contribution is 5.68. The molecule has 2 aliphatic rings. The van der Waals surface area contributed by atoms with Crippen LogP contribution in [0.1, 0.15) is 66.2 Å². The van der Waals surface area contributed by atoms with Gasteiger partial charge in [0.15, 0.2) is 6.21 Å². The van der Waals surface area contributed by atoms with E-state index in [4.69, 9.17) is 0 Å². The number of allylic oxidation sites excluding steroid dienone is 10. The minimum absolute atomic E-state index is 0.321. The summed E-state index contributed by atoms with van der Waals surface area (Å²) in [5.41, 5.74) is 7.69. The summed E-state index contributed by atoms with van der Waals surface area (Å²) in [5, 5.41) is 0. The van der Waals surface area contributed by atoms with Crippen LogP contribution in [-0.4, -0.2) is 24.9 Å². The Morgan fingerprint density at radius 1 is 1.12 bits per heavy atom. The molecule has 0 radical (unpaired) electrons. The normalized spacial score (nSPS) is 23.2. The number of hydrogen-bond donors (Lipinski definition) is 0. The van der Waals surface area contributed by atoms with E-state index in [9.17, 15) is 0 Å². The molecular weight excluding hydrogens is 302 g/mol.